The van der Waals surface area contributed by atoms with Crippen molar-refractivity contribution < 1.29 is 4.79 Å². The molecule has 130 valence electrons. The normalized spacial score (nSPS) is 16.8. The number of carbonyl (C=O) groups excluding carboxylic acids is 1. The summed E-state index contributed by atoms with van der Waals surface area (Å²) in [5.74, 6) is 0.417. The second-order valence-corrected chi connectivity index (χ2v) is 6.93. The highest BCUT2D eigenvalue weighted by Crippen LogP contribution is 2.32. The van der Waals surface area contributed by atoms with Crippen molar-refractivity contribution in [3.8, 4) is 0 Å². The van der Waals surface area contributed by atoms with Gasteiger partial charge in [0.05, 0.1) is 5.92 Å². The number of amides is 1. The summed E-state index contributed by atoms with van der Waals surface area (Å²) >= 11 is 0. The molecule has 0 saturated carbocycles. The van der Waals surface area contributed by atoms with Crippen LogP contribution >= 0.6 is 0 Å². The predicted molar refractivity (Wildman–Crippen MR) is 105 cm³/mol. The SMILES string of the molecule is O=C(C(c1ccccc1)c1ccccc1)N1CC[C@H](c2ccccc2)C1. The van der Waals surface area contributed by atoms with Crippen LogP contribution in [0.15, 0.2) is 91.0 Å². The van der Waals surface area contributed by atoms with Crippen LogP contribution in [-0.4, -0.2) is 23.9 Å². The Labute approximate surface area is 155 Å². The molecular weight excluding hydrogens is 318 g/mol. The molecule has 0 aliphatic carbocycles. The lowest BCUT2D eigenvalue weighted by atomic mass is 9.90. The highest BCUT2D eigenvalue weighted by Gasteiger charge is 2.32. The quantitative estimate of drug-likeness (QED) is 0.665. The Bertz CT molecular complexity index is 806. The molecule has 2 heteroatoms. The van der Waals surface area contributed by atoms with Crippen molar-refractivity contribution in [3.63, 3.8) is 0 Å². The average Bonchev–Trinajstić information content (AvgIpc) is 3.21. The van der Waals surface area contributed by atoms with Gasteiger partial charge in [0.2, 0.25) is 5.91 Å². The number of benzene rings is 3. The van der Waals surface area contributed by atoms with Crippen molar-refractivity contribution in [2.75, 3.05) is 13.1 Å². The summed E-state index contributed by atoms with van der Waals surface area (Å²) in [4.78, 5) is 15.5. The van der Waals surface area contributed by atoms with E-state index >= 15 is 0 Å². The van der Waals surface area contributed by atoms with Crippen LogP contribution in [0.4, 0.5) is 0 Å². The van der Waals surface area contributed by atoms with Gasteiger partial charge in [-0.05, 0) is 23.1 Å². The first-order valence-electron chi connectivity index (χ1n) is 9.26. The minimum Gasteiger partial charge on any atom is -0.341 e. The van der Waals surface area contributed by atoms with E-state index in [0.717, 1.165) is 30.6 Å². The summed E-state index contributed by atoms with van der Waals surface area (Å²) in [5.41, 5.74) is 3.46. The summed E-state index contributed by atoms with van der Waals surface area (Å²) in [6.45, 7) is 1.63. The Morgan fingerprint density at radius 3 is 1.81 bits per heavy atom. The molecule has 0 aromatic heterocycles. The minimum atomic E-state index is -0.230. The van der Waals surface area contributed by atoms with E-state index in [2.05, 4.69) is 48.5 Å². The first kappa shape index (κ1) is 16.6. The number of carbonyl (C=O) groups is 1. The van der Waals surface area contributed by atoms with Crippen LogP contribution in [0.5, 0.6) is 0 Å². The van der Waals surface area contributed by atoms with Crippen molar-refractivity contribution in [1.29, 1.82) is 0 Å². The van der Waals surface area contributed by atoms with E-state index in [-0.39, 0.29) is 11.8 Å². The molecule has 0 unspecified atom stereocenters. The molecule has 0 N–H and O–H groups in total. The van der Waals surface area contributed by atoms with E-state index in [4.69, 9.17) is 0 Å². The van der Waals surface area contributed by atoms with Gasteiger partial charge in [0.25, 0.3) is 0 Å². The lowest BCUT2D eigenvalue weighted by molar-refractivity contribution is -0.130. The molecule has 1 aliphatic rings. The zero-order valence-corrected chi connectivity index (χ0v) is 14.8. The molecule has 4 rings (SSSR count). The molecule has 0 bridgehead atoms. The van der Waals surface area contributed by atoms with Crippen LogP contribution in [0.3, 0.4) is 0 Å². The number of hydrogen-bond donors (Lipinski definition) is 0. The molecule has 3 aromatic carbocycles. The summed E-state index contributed by atoms with van der Waals surface area (Å²) in [6, 6.07) is 30.8. The van der Waals surface area contributed by atoms with Gasteiger partial charge in [-0.25, -0.2) is 0 Å². The van der Waals surface area contributed by atoms with E-state index in [9.17, 15) is 4.79 Å². The van der Waals surface area contributed by atoms with Crippen molar-refractivity contribution >= 4 is 5.91 Å². The third kappa shape index (κ3) is 3.41. The second-order valence-electron chi connectivity index (χ2n) is 6.93. The maximum Gasteiger partial charge on any atom is 0.234 e. The standard InChI is InChI=1S/C24H23NO/c26-24(25-17-16-22(18-25)19-10-4-1-5-11-19)23(20-12-6-2-7-13-20)21-14-8-3-9-15-21/h1-15,22-23H,16-18H2/t22-/m0/s1. The highest BCUT2D eigenvalue weighted by atomic mass is 16.2. The van der Waals surface area contributed by atoms with Gasteiger partial charge in [-0.1, -0.05) is 91.0 Å². The molecule has 1 fully saturated rings. The van der Waals surface area contributed by atoms with Gasteiger partial charge < -0.3 is 4.90 Å². The molecule has 1 heterocycles. The van der Waals surface area contributed by atoms with Crippen molar-refractivity contribution in [2.45, 2.75) is 18.3 Å². The van der Waals surface area contributed by atoms with Crippen LogP contribution in [-0.2, 0) is 4.79 Å². The Balaban J connectivity index is 1.60. The Morgan fingerprint density at radius 1 is 0.769 bits per heavy atom. The van der Waals surface area contributed by atoms with Crippen molar-refractivity contribution in [3.05, 3.63) is 108 Å². The third-order valence-electron chi connectivity index (χ3n) is 5.28. The van der Waals surface area contributed by atoms with E-state index in [1.165, 1.54) is 5.56 Å². The Morgan fingerprint density at radius 2 is 1.27 bits per heavy atom. The number of rotatable bonds is 4. The summed E-state index contributed by atoms with van der Waals surface area (Å²) < 4.78 is 0. The molecule has 1 atom stereocenters. The molecule has 26 heavy (non-hydrogen) atoms. The fourth-order valence-electron chi connectivity index (χ4n) is 3.91. The van der Waals surface area contributed by atoms with Crippen molar-refractivity contribution in [1.82, 2.24) is 4.90 Å². The highest BCUT2D eigenvalue weighted by molar-refractivity contribution is 5.87. The average molecular weight is 341 g/mol. The molecule has 0 spiro atoms. The van der Waals surface area contributed by atoms with Crippen molar-refractivity contribution in [2.24, 2.45) is 0 Å². The van der Waals surface area contributed by atoms with E-state index in [1.54, 1.807) is 0 Å². The van der Waals surface area contributed by atoms with Crippen LogP contribution in [0.1, 0.15) is 34.9 Å². The molecular formula is C24H23NO. The van der Waals surface area contributed by atoms with Crippen LogP contribution in [0, 0.1) is 0 Å². The van der Waals surface area contributed by atoms with E-state index in [0.29, 0.717) is 5.92 Å². The summed E-state index contributed by atoms with van der Waals surface area (Å²) in [7, 11) is 0. The van der Waals surface area contributed by atoms with Crippen LogP contribution < -0.4 is 0 Å². The largest absolute Gasteiger partial charge is 0.341 e. The molecule has 1 saturated heterocycles. The number of nitrogens with zero attached hydrogens (tertiary/aromatic N) is 1. The molecule has 1 amide bonds. The zero-order valence-electron chi connectivity index (χ0n) is 14.8. The lowest BCUT2D eigenvalue weighted by Gasteiger charge is -2.24. The predicted octanol–water partition coefficient (Wildman–Crippen LogP) is 4.83. The van der Waals surface area contributed by atoms with Gasteiger partial charge in [-0.15, -0.1) is 0 Å². The smallest absolute Gasteiger partial charge is 0.234 e. The topological polar surface area (TPSA) is 20.3 Å². The molecule has 2 nitrogen and oxygen atoms in total. The van der Waals surface area contributed by atoms with Crippen LogP contribution in [0.2, 0.25) is 0 Å². The van der Waals surface area contributed by atoms with Gasteiger partial charge in [-0.2, -0.15) is 0 Å². The first-order valence-corrected chi connectivity index (χ1v) is 9.26. The Hall–Kier alpha value is -2.87. The molecule has 3 aromatic rings. The van der Waals surface area contributed by atoms with E-state index < -0.39 is 0 Å². The maximum absolute atomic E-state index is 13.4. The minimum absolute atomic E-state index is 0.209. The zero-order chi connectivity index (χ0) is 17.8. The molecule has 0 radical (unpaired) electrons. The van der Waals surface area contributed by atoms with Gasteiger partial charge >= 0.3 is 0 Å². The number of likely N-dealkylation sites (tertiary alicyclic amines) is 1. The van der Waals surface area contributed by atoms with Crippen LogP contribution in [0.25, 0.3) is 0 Å². The van der Waals surface area contributed by atoms with Gasteiger partial charge in [0, 0.05) is 19.0 Å². The van der Waals surface area contributed by atoms with Gasteiger partial charge in [0.1, 0.15) is 0 Å². The fourth-order valence-corrected chi connectivity index (χ4v) is 3.91. The monoisotopic (exact) mass is 341 g/mol. The first-order chi connectivity index (χ1) is 12.8. The fraction of sp³-hybridized carbons (Fsp3) is 0.208. The van der Waals surface area contributed by atoms with E-state index in [1.807, 2.05) is 47.4 Å². The third-order valence-corrected chi connectivity index (χ3v) is 5.28. The molecule has 1 aliphatic heterocycles. The lowest BCUT2D eigenvalue weighted by Crippen LogP contribution is -2.33. The maximum atomic E-state index is 13.4. The Kier molecular flexibility index (Phi) is 4.83. The van der Waals surface area contributed by atoms with Gasteiger partial charge in [-0.3, -0.25) is 4.79 Å². The second kappa shape index (κ2) is 7.57. The summed E-state index contributed by atoms with van der Waals surface area (Å²) in [6.07, 6.45) is 1.03. The number of hydrogen-bond acceptors (Lipinski definition) is 1. The van der Waals surface area contributed by atoms with Gasteiger partial charge in [0.15, 0.2) is 0 Å². The summed E-state index contributed by atoms with van der Waals surface area (Å²) in [5, 5.41) is 0.